The number of nitrogens with one attached hydrogen (secondary N) is 1. The number of aliphatic carboxylic acids is 1. The Morgan fingerprint density at radius 1 is 1.08 bits per heavy atom. The fraction of sp³-hybridized carbons (Fsp3) is 0.393. The second kappa shape index (κ2) is 11.8. The molecule has 5 rings (SSSR count). The Bertz CT molecular complexity index is 1300. The van der Waals surface area contributed by atoms with Crippen LogP contribution in [0.25, 0.3) is 11.4 Å². The summed E-state index contributed by atoms with van der Waals surface area (Å²) in [5.74, 6) is -0.251. The fourth-order valence-corrected chi connectivity index (χ4v) is 4.88. The number of anilines is 1. The average Bonchev–Trinajstić information content (AvgIpc) is 3.52. The van der Waals surface area contributed by atoms with Gasteiger partial charge in [-0.2, -0.15) is 0 Å². The summed E-state index contributed by atoms with van der Waals surface area (Å²) in [6, 6.07) is 17.1. The zero-order valence-corrected chi connectivity index (χ0v) is 21.1. The van der Waals surface area contributed by atoms with Crippen LogP contribution < -0.4 is 15.6 Å². The van der Waals surface area contributed by atoms with Crippen molar-refractivity contribution in [2.24, 2.45) is 0 Å². The number of carbonyl (C=O) groups is 1. The molecule has 2 aliphatic heterocycles. The Hall–Kier alpha value is -3.73. The van der Waals surface area contributed by atoms with E-state index in [1.54, 1.807) is 31.4 Å². The van der Waals surface area contributed by atoms with Gasteiger partial charge in [-0.15, -0.1) is 0 Å². The summed E-state index contributed by atoms with van der Waals surface area (Å²) in [7, 11) is 1.64. The van der Waals surface area contributed by atoms with Crippen LogP contribution in [0.1, 0.15) is 12.0 Å². The van der Waals surface area contributed by atoms with E-state index in [0.29, 0.717) is 31.1 Å². The number of carboxylic acids is 1. The van der Waals surface area contributed by atoms with Crippen molar-refractivity contribution in [1.82, 2.24) is 9.55 Å². The van der Waals surface area contributed by atoms with Crippen molar-refractivity contribution < 1.29 is 28.8 Å². The SMILES string of the molecule is CO[C@@H]1CO[C@H]2[C@@H]1OC[C@H]2Oc1ccc(-c2ncc(NCCCc3ccccc3)c(=O)n2CC(=O)O)cc1. The Kier molecular flexibility index (Phi) is 8.02. The maximum Gasteiger partial charge on any atom is 0.323 e. The number of rotatable bonds is 11. The van der Waals surface area contributed by atoms with E-state index >= 15 is 0 Å². The summed E-state index contributed by atoms with van der Waals surface area (Å²) < 4.78 is 24.3. The molecule has 10 nitrogen and oxygen atoms in total. The fourth-order valence-electron chi connectivity index (χ4n) is 4.88. The molecule has 0 aliphatic carbocycles. The van der Waals surface area contributed by atoms with Crippen LogP contribution in [0.5, 0.6) is 5.75 Å². The summed E-state index contributed by atoms with van der Waals surface area (Å²) >= 11 is 0. The molecule has 0 amide bonds. The van der Waals surface area contributed by atoms with Crippen LogP contribution in [-0.2, 0) is 32.0 Å². The van der Waals surface area contributed by atoms with Gasteiger partial charge in [-0.25, -0.2) is 4.98 Å². The van der Waals surface area contributed by atoms with E-state index in [9.17, 15) is 14.7 Å². The topological polar surface area (TPSA) is 121 Å². The average molecular weight is 522 g/mol. The third kappa shape index (κ3) is 5.72. The molecule has 0 bridgehead atoms. The number of nitrogens with zero attached hydrogens (tertiary/aromatic N) is 2. The molecule has 2 N–H and O–H groups in total. The monoisotopic (exact) mass is 521 g/mol. The summed E-state index contributed by atoms with van der Waals surface area (Å²) in [6.07, 6.45) is 2.43. The van der Waals surface area contributed by atoms with Crippen molar-refractivity contribution >= 4 is 11.7 Å². The van der Waals surface area contributed by atoms with Crippen LogP contribution in [0.2, 0.25) is 0 Å². The number of benzene rings is 2. The number of ether oxygens (including phenoxy) is 4. The zero-order chi connectivity index (χ0) is 26.5. The maximum atomic E-state index is 13.2. The lowest BCUT2D eigenvalue weighted by Crippen LogP contribution is -2.35. The molecule has 0 saturated carbocycles. The summed E-state index contributed by atoms with van der Waals surface area (Å²) in [4.78, 5) is 29.1. The predicted molar refractivity (Wildman–Crippen MR) is 140 cm³/mol. The van der Waals surface area contributed by atoms with Crippen LogP contribution in [0.15, 0.2) is 65.6 Å². The smallest absolute Gasteiger partial charge is 0.323 e. The molecule has 2 saturated heterocycles. The summed E-state index contributed by atoms with van der Waals surface area (Å²) in [5.41, 5.74) is 1.65. The first-order valence-corrected chi connectivity index (χ1v) is 12.7. The first-order chi connectivity index (χ1) is 18.5. The Labute approximate surface area is 220 Å². The highest BCUT2D eigenvalue weighted by Gasteiger charge is 2.49. The van der Waals surface area contributed by atoms with Gasteiger partial charge < -0.3 is 29.4 Å². The molecule has 200 valence electrons. The number of hydrogen-bond acceptors (Lipinski definition) is 8. The van der Waals surface area contributed by atoms with Crippen LogP contribution >= 0.6 is 0 Å². The van der Waals surface area contributed by atoms with Gasteiger partial charge in [0, 0.05) is 19.2 Å². The molecule has 2 fully saturated rings. The molecule has 2 aliphatic rings. The van der Waals surface area contributed by atoms with E-state index in [2.05, 4.69) is 22.4 Å². The molecule has 2 aromatic carbocycles. The lowest BCUT2D eigenvalue weighted by atomic mass is 10.1. The molecule has 0 unspecified atom stereocenters. The lowest BCUT2D eigenvalue weighted by Gasteiger charge is -2.18. The molecular weight excluding hydrogens is 490 g/mol. The Balaban J connectivity index is 1.27. The second-order valence-electron chi connectivity index (χ2n) is 9.35. The second-order valence-corrected chi connectivity index (χ2v) is 9.35. The highest BCUT2D eigenvalue weighted by Crippen LogP contribution is 2.31. The van der Waals surface area contributed by atoms with Crippen molar-refractivity contribution in [1.29, 1.82) is 0 Å². The van der Waals surface area contributed by atoms with Crippen molar-refractivity contribution in [2.75, 3.05) is 32.2 Å². The Morgan fingerprint density at radius 2 is 1.79 bits per heavy atom. The third-order valence-corrected chi connectivity index (χ3v) is 6.81. The van der Waals surface area contributed by atoms with Gasteiger partial charge in [0.05, 0.1) is 19.4 Å². The standard InChI is InChI=1S/C28H31N3O7/c1-35-22-16-36-26-23(17-37-25(22)26)38-20-11-9-19(10-12-20)27-30-14-21(28(34)31(27)15-24(32)33)29-13-5-8-18-6-3-2-4-7-18/h2-4,6-7,9-12,14,22-23,25-26,29H,5,8,13,15-17H2,1H3,(H,32,33)/t22-,23-,25-,26-/m1/s1. The molecule has 0 radical (unpaired) electrons. The van der Waals surface area contributed by atoms with Crippen LogP contribution in [0, 0.1) is 0 Å². The highest BCUT2D eigenvalue weighted by atomic mass is 16.6. The van der Waals surface area contributed by atoms with Crippen molar-refractivity contribution in [3.63, 3.8) is 0 Å². The molecule has 4 atom stereocenters. The third-order valence-electron chi connectivity index (χ3n) is 6.81. The van der Waals surface area contributed by atoms with Gasteiger partial charge in [-0.05, 0) is 42.7 Å². The first-order valence-electron chi connectivity index (χ1n) is 12.7. The van der Waals surface area contributed by atoms with E-state index < -0.39 is 18.1 Å². The van der Waals surface area contributed by atoms with Crippen LogP contribution in [-0.4, -0.2) is 71.9 Å². The molecule has 1 aromatic heterocycles. The van der Waals surface area contributed by atoms with E-state index in [1.165, 1.54) is 16.3 Å². The van der Waals surface area contributed by atoms with Gasteiger partial charge in [-0.3, -0.25) is 14.2 Å². The maximum absolute atomic E-state index is 13.2. The number of methoxy groups -OCH3 is 1. The van der Waals surface area contributed by atoms with Gasteiger partial charge >= 0.3 is 5.97 Å². The number of fused-ring (bicyclic) bond motifs is 1. The predicted octanol–water partition coefficient (Wildman–Crippen LogP) is 2.60. The molecular formula is C28H31N3O7. The number of aryl methyl sites for hydroxylation is 1. The van der Waals surface area contributed by atoms with Gasteiger partial charge in [0.25, 0.3) is 5.56 Å². The minimum atomic E-state index is -1.13. The minimum absolute atomic E-state index is 0.102. The largest absolute Gasteiger partial charge is 0.485 e. The van der Waals surface area contributed by atoms with Crippen molar-refractivity contribution in [3.8, 4) is 17.1 Å². The molecule has 10 heteroatoms. The van der Waals surface area contributed by atoms with Crippen LogP contribution in [0.4, 0.5) is 5.69 Å². The van der Waals surface area contributed by atoms with Gasteiger partial charge in [0.2, 0.25) is 0 Å². The van der Waals surface area contributed by atoms with E-state index in [-0.39, 0.29) is 35.9 Å². The minimum Gasteiger partial charge on any atom is -0.485 e. The number of carboxylic acid groups (broad SMARTS) is 1. The molecule has 3 aromatic rings. The van der Waals surface area contributed by atoms with Gasteiger partial charge in [0.1, 0.15) is 42.1 Å². The summed E-state index contributed by atoms with van der Waals surface area (Å²) in [6.45, 7) is 0.928. The summed E-state index contributed by atoms with van der Waals surface area (Å²) in [5, 5.41) is 12.6. The van der Waals surface area contributed by atoms with Crippen molar-refractivity contribution in [3.05, 3.63) is 76.7 Å². The Morgan fingerprint density at radius 3 is 2.50 bits per heavy atom. The van der Waals surface area contributed by atoms with Crippen LogP contribution in [0.3, 0.4) is 0 Å². The lowest BCUT2D eigenvalue weighted by molar-refractivity contribution is -0.137. The van der Waals surface area contributed by atoms with Gasteiger partial charge in [-0.1, -0.05) is 30.3 Å². The molecule has 38 heavy (non-hydrogen) atoms. The zero-order valence-electron chi connectivity index (χ0n) is 21.1. The molecule has 3 heterocycles. The van der Waals surface area contributed by atoms with Crippen molar-refractivity contribution in [2.45, 2.75) is 43.8 Å². The quantitative estimate of drug-likeness (QED) is 0.367. The first kappa shape index (κ1) is 25.9. The highest BCUT2D eigenvalue weighted by molar-refractivity contribution is 5.68. The molecule has 0 spiro atoms. The number of aromatic nitrogens is 2. The van der Waals surface area contributed by atoms with E-state index in [1.807, 2.05) is 18.2 Å². The van der Waals surface area contributed by atoms with E-state index in [4.69, 9.17) is 18.9 Å². The van der Waals surface area contributed by atoms with E-state index in [0.717, 1.165) is 12.8 Å². The normalized spacial score (nSPS) is 22.2. The van der Waals surface area contributed by atoms with Gasteiger partial charge in [0.15, 0.2) is 6.10 Å². The number of hydrogen-bond donors (Lipinski definition) is 2.